The SMILES string of the molecule is CC1(C)CC2=C(CCC=C2)C1. The van der Waals surface area contributed by atoms with Crippen LogP contribution in [0.15, 0.2) is 23.3 Å². The number of rotatable bonds is 0. The average Bonchev–Trinajstić information content (AvgIpc) is 2.21. The molecule has 0 aromatic carbocycles. The van der Waals surface area contributed by atoms with Crippen molar-refractivity contribution in [3.8, 4) is 0 Å². The summed E-state index contributed by atoms with van der Waals surface area (Å²) < 4.78 is 0. The largest absolute Gasteiger partial charge is 0.0839 e. The molecule has 2 aliphatic carbocycles. The van der Waals surface area contributed by atoms with E-state index < -0.39 is 0 Å². The van der Waals surface area contributed by atoms with E-state index in [0.717, 1.165) is 0 Å². The fraction of sp³-hybridized carbons (Fsp3) is 0.636. The molecule has 11 heavy (non-hydrogen) atoms. The molecule has 0 aromatic heterocycles. The molecule has 0 atom stereocenters. The van der Waals surface area contributed by atoms with Gasteiger partial charge in [0.2, 0.25) is 0 Å². The molecule has 0 saturated heterocycles. The highest BCUT2D eigenvalue weighted by Gasteiger charge is 2.29. The summed E-state index contributed by atoms with van der Waals surface area (Å²) in [6, 6.07) is 0. The molecule has 2 rings (SSSR count). The molecule has 0 bridgehead atoms. The lowest BCUT2D eigenvalue weighted by atomic mass is 9.89. The molecule has 0 spiro atoms. The highest BCUT2D eigenvalue weighted by Crippen LogP contribution is 2.44. The second-order valence-electron chi connectivity index (χ2n) is 4.59. The number of allylic oxidation sites excluding steroid dienone is 4. The second kappa shape index (κ2) is 2.23. The van der Waals surface area contributed by atoms with E-state index in [1.165, 1.54) is 25.7 Å². The van der Waals surface area contributed by atoms with E-state index in [0.29, 0.717) is 5.41 Å². The second-order valence-corrected chi connectivity index (χ2v) is 4.59. The van der Waals surface area contributed by atoms with E-state index in [1.54, 1.807) is 11.1 Å². The van der Waals surface area contributed by atoms with Crippen LogP contribution < -0.4 is 0 Å². The van der Waals surface area contributed by atoms with Crippen molar-refractivity contribution in [2.75, 3.05) is 0 Å². The number of hydrogen-bond acceptors (Lipinski definition) is 0. The van der Waals surface area contributed by atoms with Crippen LogP contribution in [0.5, 0.6) is 0 Å². The molecule has 0 aliphatic heterocycles. The van der Waals surface area contributed by atoms with E-state index in [2.05, 4.69) is 26.0 Å². The van der Waals surface area contributed by atoms with Crippen LogP contribution in [-0.4, -0.2) is 0 Å². The maximum atomic E-state index is 2.37. The van der Waals surface area contributed by atoms with Gasteiger partial charge in [-0.25, -0.2) is 0 Å². The first kappa shape index (κ1) is 7.15. The van der Waals surface area contributed by atoms with Crippen molar-refractivity contribution in [1.29, 1.82) is 0 Å². The third-order valence-corrected chi connectivity index (χ3v) is 2.75. The monoisotopic (exact) mass is 148 g/mol. The Labute approximate surface area is 69.0 Å². The lowest BCUT2D eigenvalue weighted by Crippen LogP contribution is -2.04. The molecule has 0 unspecified atom stereocenters. The van der Waals surface area contributed by atoms with Gasteiger partial charge in [-0.05, 0) is 36.7 Å². The first-order valence-corrected chi connectivity index (χ1v) is 4.55. The van der Waals surface area contributed by atoms with E-state index in [4.69, 9.17) is 0 Å². The summed E-state index contributed by atoms with van der Waals surface area (Å²) in [6.45, 7) is 4.75. The van der Waals surface area contributed by atoms with Crippen LogP contribution in [0, 0.1) is 5.41 Å². The van der Waals surface area contributed by atoms with Crippen LogP contribution in [0.4, 0.5) is 0 Å². The summed E-state index contributed by atoms with van der Waals surface area (Å²) in [7, 11) is 0. The fourth-order valence-corrected chi connectivity index (χ4v) is 2.30. The molecular weight excluding hydrogens is 132 g/mol. The summed E-state index contributed by atoms with van der Waals surface area (Å²) in [6.07, 6.45) is 9.91. The van der Waals surface area contributed by atoms with Crippen molar-refractivity contribution >= 4 is 0 Å². The van der Waals surface area contributed by atoms with Crippen LogP contribution in [0.3, 0.4) is 0 Å². The van der Waals surface area contributed by atoms with Crippen LogP contribution in [-0.2, 0) is 0 Å². The standard InChI is InChI=1S/C11H16/c1-11(2)7-9-5-3-4-6-10(9)8-11/h3,5H,4,6-8H2,1-2H3. The minimum absolute atomic E-state index is 0.555. The van der Waals surface area contributed by atoms with Gasteiger partial charge in [-0.1, -0.05) is 31.6 Å². The highest BCUT2D eigenvalue weighted by molar-refractivity contribution is 5.35. The Hall–Kier alpha value is -0.520. The van der Waals surface area contributed by atoms with E-state index in [1.807, 2.05) is 0 Å². The van der Waals surface area contributed by atoms with Gasteiger partial charge in [0.05, 0.1) is 0 Å². The minimum Gasteiger partial charge on any atom is -0.0839 e. The molecular formula is C11H16. The molecule has 0 heteroatoms. The van der Waals surface area contributed by atoms with Gasteiger partial charge in [0.15, 0.2) is 0 Å². The van der Waals surface area contributed by atoms with E-state index in [-0.39, 0.29) is 0 Å². The first-order chi connectivity index (χ1) is 5.17. The van der Waals surface area contributed by atoms with Crippen molar-refractivity contribution < 1.29 is 0 Å². The Morgan fingerprint density at radius 1 is 1.27 bits per heavy atom. The Morgan fingerprint density at radius 3 is 2.82 bits per heavy atom. The third-order valence-electron chi connectivity index (χ3n) is 2.75. The zero-order valence-electron chi connectivity index (χ0n) is 7.48. The summed E-state index contributed by atoms with van der Waals surface area (Å²) in [5.41, 5.74) is 3.93. The zero-order valence-corrected chi connectivity index (χ0v) is 7.48. The van der Waals surface area contributed by atoms with Crippen molar-refractivity contribution in [3.05, 3.63) is 23.3 Å². The predicted molar refractivity (Wildman–Crippen MR) is 48.4 cm³/mol. The van der Waals surface area contributed by atoms with Gasteiger partial charge in [0.1, 0.15) is 0 Å². The zero-order chi connectivity index (χ0) is 7.90. The van der Waals surface area contributed by atoms with Crippen molar-refractivity contribution in [3.63, 3.8) is 0 Å². The van der Waals surface area contributed by atoms with Gasteiger partial charge >= 0.3 is 0 Å². The number of hydrogen-bond donors (Lipinski definition) is 0. The normalized spacial score (nSPS) is 27.5. The molecule has 2 aliphatic rings. The fourth-order valence-electron chi connectivity index (χ4n) is 2.30. The van der Waals surface area contributed by atoms with Crippen molar-refractivity contribution in [1.82, 2.24) is 0 Å². The maximum absolute atomic E-state index is 2.37. The van der Waals surface area contributed by atoms with E-state index >= 15 is 0 Å². The quantitative estimate of drug-likeness (QED) is 0.493. The van der Waals surface area contributed by atoms with Gasteiger partial charge < -0.3 is 0 Å². The molecule has 0 nitrogen and oxygen atoms in total. The van der Waals surface area contributed by atoms with Crippen LogP contribution in [0.1, 0.15) is 39.5 Å². The van der Waals surface area contributed by atoms with Crippen LogP contribution in [0.25, 0.3) is 0 Å². The molecule has 0 amide bonds. The van der Waals surface area contributed by atoms with Gasteiger partial charge in [0.25, 0.3) is 0 Å². The lowest BCUT2D eigenvalue weighted by Gasteiger charge is -2.16. The summed E-state index contributed by atoms with van der Waals surface area (Å²) >= 11 is 0. The van der Waals surface area contributed by atoms with E-state index in [9.17, 15) is 0 Å². The summed E-state index contributed by atoms with van der Waals surface area (Å²) in [5.74, 6) is 0. The summed E-state index contributed by atoms with van der Waals surface area (Å²) in [5, 5.41) is 0. The molecule has 0 aromatic rings. The smallest absolute Gasteiger partial charge is 0.0225 e. The predicted octanol–water partition coefficient (Wildman–Crippen LogP) is 3.45. The average molecular weight is 148 g/mol. The van der Waals surface area contributed by atoms with Gasteiger partial charge in [-0.15, -0.1) is 0 Å². The summed E-state index contributed by atoms with van der Waals surface area (Å²) in [4.78, 5) is 0. The van der Waals surface area contributed by atoms with Gasteiger partial charge in [-0.2, -0.15) is 0 Å². The molecule has 0 radical (unpaired) electrons. The molecule has 60 valence electrons. The van der Waals surface area contributed by atoms with Crippen molar-refractivity contribution in [2.45, 2.75) is 39.5 Å². The Kier molecular flexibility index (Phi) is 1.45. The molecule has 0 saturated carbocycles. The van der Waals surface area contributed by atoms with Gasteiger partial charge in [0, 0.05) is 0 Å². The van der Waals surface area contributed by atoms with Gasteiger partial charge in [-0.3, -0.25) is 0 Å². The Morgan fingerprint density at radius 2 is 2.09 bits per heavy atom. The first-order valence-electron chi connectivity index (χ1n) is 4.55. The van der Waals surface area contributed by atoms with Crippen LogP contribution >= 0.6 is 0 Å². The van der Waals surface area contributed by atoms with Crippen LogP contribution in [0.2, 0.25) is 0 Å². The third kappa shape index (κ3) is 1.26. The molecule has 0 heterocycles. The molecule has 0 fully saturated rings. The Balaban J connectivity index is 2.23. The maximum Gasteiger partial charge on any atom is -0.0225 e. The minimum atomic E-state index is 0.555. The topological polar surface area (TPSA) is 0 Å². The molecule has 0 N–H and O–H groups in total. The Bertz CT molecular complexity index is 228. The lowest BCUT2D eigenvalue weighted by molar-refractivity contribution is 0.389. The van der Waals surface area contributed by atoms with Crippen molar-refractivity contribution in [2.24, 2.45) is 5.41 Å². The highest BCUT2D eigenvalue weighted by atomic mass is 14.3.